The fraction of sp³-hybridized carbons (Fsp3) is 0. The summed E-state index contributed by atoms with van der Waals surface area (Å²) in [6, 6.07) is 24.2. The maximum absolute atomic E-state index is 10.9. The van der Waals surface area contributed by atoms with E-state index in [4.69, 9.17) is 18.2 Å². The van der Waals surface area contributed by atoms with Crippen molar-refractivity contribution >= 4 is 87.0 Å². The van der Waals surface area contributed by atoms with Gasteiger partial charge in [-0.05, 0) is 78.9 Å². The van der Waals surface area contributed by atoms with Gasteiger partial charge in [0.1, 0.15) is 4.90 Å². The second-order valence-corrected chi connectivity index (χ2v) is 36.7. The van der Waals surface area contributed by atoms with Crippen molar-refractivity contribution in [2.75, 3.05) is 0 Å². The summed E-state index contributed by atoms with van der Waals surface area (Å²) < 4.78 is 120. The van der Waals surface area contributed by atoms with E-state index in [0.717, 1.165) is 57.1 Å². The molecule has 0 fully saturated rings. The molecular weight excluding hydrogens is 816 g/mol. The Kier molecular flexibility index (Phi) is 11.2. The topological polar surface area (TPSA) is 291 Å². The molecule has 52 heavy (non-hydrogen) atoms. The van der Waals surface area contributed by atoms with Crippen LogP contribution in [0.15, 0.2) is 101 Å². The van der Waals surface area contributed by atoms with Gasteiger partial charge in [-0.1, -0.05) is 0 Å². The number of aromatic amines is 3. The van der Waals surface area contributed by atoms with E-state index in [2.05, 4.69) is 44.2 Å². The number of hydrogen-bond acceptors (Lipinski definition) is 10. The number of rotatable bonds is 5. The molecule has 269 valence electrons. The first-order chi connectivity index (χ1) is 24.3. The molecule has 0 spiro atoms. The van der Waals surface area contributed by atoms with Gasteiger partial charge in [-0.2, -0.15) is 16.8 Å². The fourth-order valence-corrected chi connectivity index (χ4v) is 24.8. The Hall–Kier alpha value is -4.64. The van der Waals surface area contributed by atoms with E-state index in [0.29, 0.717) is 0 Å². The molecule has 1 aromatic carbocycles. The monoisotopic (exact) mass is 840 g/mol. The molecule has 4 aromatic heterocycles. The van der Waals surface area contributed by atoms with Gasteiger partial charge in [-0.3, -0.25) is 9.11 Å². The summed E-state index contributed by atoms with van der Waals surface area (Å²) in [5.74, 6) is 0. The summed E-state index contributed by atoms with van der Waals surface area (Å²) in [4.78, 5) is 17.1. The van der Waals surface area contributed by atoms with Gasteiger partial charge in [0.15, 0.2) is 5.03 Å². The number of benzene rings is 1. The van der Waals surface area contributed by atoms with E-state index >= 15 is 0 Å². The van der Waals surface area contributed by atoms with Gasteiger partial charge < -0.3 is 15.0 Å². The standard InChI is InChI=1S/C20H14N4.C6H5.C4H5NO6S2.2HO3S.Zn/c1-2-14-10-16-5-6-18(23-16)12-20-8-7-19(24-20)11-17-4-3-15(22-17)9-13(1)21-14;1-2-4-6-5-3-1;6-12(7,8)3-1-2-5-4(3)13(9,10)11;2*1-4(2)3;/h1-12,21,24H;1-5H;1-2,5H,(H,6,7,8)(H,9,10,11);2*(H,1,2,3);. The Balaban J connectivity index is 0.000000162. The third-order valence-corrected chi connectivity index (χ3v) is 33.8. The second-order valence-electron chi connectivity index (χ2n) is 11.1. The van der Waals surface area contributed by atoms with Gasteiger partial charge in [-0.25, -0.2) is 9.97 Å². The minimum absolute atomic E-state index is 0.0116. The van der Waals surface area contributed by atoms with E-state index in [1.54, 1.807) is 6.07 Å². The number of nitrogens with zero attached hydrogens (tertiary/aromatic N) is 2. The first-order valence-electron chi connectivity index (χ1n) is 14.6. The molecule has 7 rings (SSSR count). The van der Waals surface area contributed by atoms with Crippen LogP contribution >= 0.6 is 0 Å². The molecule has 2 aliphatic heterocycles. The average molecular weight is 842 g/mol. The first kappa shape index (κ1) is 38.6. The van der Waals surface area contributed by atoms with Crippen molar-refractivity contribution in [2.24, 2.45) is 0 Å². The van der Waals surface area contributed by atoms with Crippen molar-refractivity contribution in [3.05, 3.63) is 114 Å². The molecule has 2 aliphatic rings. The van der Waals surface area contributed by atoms with Crippen molar-refractivity contribution < 1.29 is 65.4 Å². The molecule has 7 N–H and O–H groups in total. The molecule has 0 saturated heterocycles. The van der Waals surface area contributed by atoms with Crippen molar-refractivity contribution in [1.82, 2.24) is 24.9 Å². The van der Waals surface area contributed by atoms with E-state index in [-0.39, 0.29) is 4.16 Å². The summed E-state index contributed by atoms with van der Waals surface area (Å²) in [7, 11) is -18.7. The predicted molar refractivity (Wildman–Crippen MR) is 188 cm³/mol. The number of nitrogens with one attached hydrogen (secondary N) is 3. The molecule has 0 amide bonds. The quantitative estimate of drug-likeness (QED) is 0.0961. The zero-order valence-electron chi connectivity index (χ0n) is 26.3. The van der Waals surface area contributed by atoms with Gasteiger partial charge in [0, 0.05) is 28.3 Å². The van der Waals surface area contributed by atoms with Crippen molar-refractivity contribution in [3.63, 3.8) is 0 Å². The maximum atomic E-state index is 10.9. The Morgan fingerprint density at radius 2 is 0.885 bits per heavy atom. The van der Waals surface area contributed by atoms with Crippen LogP contribution in [0.3, 0.4) is 0 Å². The summed E-state index contributed by atoms with van der Waals surface area (Å²) in [5, 5.41) is -0.949. The van der Waals surface area contributed by atoms with Crippen LogP contribution in [-0.2, 0) is 50.0 Å². The normalized spacial score (nSPS) is 12.7. The first-order valence-corrected chi connectivity index (χ1v) is 29.4. The average Bonchev–Trinajstić information content (AvgIpc) is 3.86. The van der Waals surface area contributed by atoms with Crippen LogP contribution in [0.5, 0.6) is 0 Å². The Bertz CT molecular complexity index is 2560. The molecule has 0 atom stereocenters. The predicted octanol–water partition coefficient (Wildman–Crippen LogP) is 3.70. The molecule has 22 heteroatoms. The van der Waals surface area contributed by atoms with Crippen molar-refractivity contribution in [2.45, 2.75) is 9.92 Å². The summed E-state index contributed by atoms with van der Waals surface area (Å²) in [6.45, 7) is 0. The minimum atomic E-state index is -4.71. The van der Waals surface area contributed by atoms with Crippen LogP contribution < -0.4 is 4.16 Å². The number of H-pyrrole nitrogens is 3. The van der Waals surface area contributed by atoms with E-state index in [9.17, 15) is 33.7 Å². The summed E-state index contributed by atoms with van der Waals surface area (Å²) >= 11 is -4.69. The molecule has 0 saturated carbocycles. The summed E-state index contributed by atoms with van der Waals surface area (Å²) in [5.41, 5.74) is 7.86. The molecule has 8 bridgehead atoms. The van der Waals surface area contributed by atoms with Crippen LogP contribution in [0, 0.1) is 0 Å². The van der Waals surface area contributed by atoms with Gasteiger partial charge in [0.2, 0.25) is 0 Å². The van der Waals surface area contributed by atoms with E-state index in [1.807, 2.05) is 53.6 Å². The van der Waals surface area contributed by atoms with Gasteiger partial charge in [0.05, 0.1) is 22.8 Å². The molecule has 6 heterocycles. The molecule has 0 radical (unpaired) electrons. The number of fused-ring (bicyclic) bond motifs is 8. The van der Waals surface area contributed by atoms with Gasteiger partial charge in [-0.15, -0.1) is 0 Å². The Morgan fingerprint density at radius 3 is 1.19 bits per heavy atom. The van der Waals surface area contributed by atoms with Gasteiger partial charge >= 0.3 is 100 Å². The molecular formula is C30H26N5O12S4Zn. The third-order valence-electron chi connectivity index (χ3n) is 7.09. The Labute approximate surface area is 299 Å². The van der Waals surface area contributed by atoms with Crippen LogP contribution in [0.4, 0.5) is 0 Å². The van der Waals surface area contributed by atoms with Crippen LogP contribution in [0.2, 0.25) is 0 Å². The zero-order valence-corrected chi connectivity index (χ0v) is 32.5. The third kappa shape index (κ3) is 10.2. The number of hydrogen-bond donors (Lipinski definition) is 7. The second kappa shape index (κ2) is 15.1. The zero-order chi connectivity index (χ0) is 37.9. The summed E-state index contributed by atoms with van der Waals surface area (Å²) in [6.07, 6.45) is 9.05. The van der Waals surface area contributed by atoms with Gasteiger partial charge in [0.25, 0.3) is 10.1 Å². The SMILES string of the molecule is C1=Cc2cc3ccc(cc4nc(cc5ccc(cc1n2)[nH]5)C=C4)[nH]3.O=S(=O)(O)c1cc[nH]c1S(=O)(=O)O.O=[S](=O)(O)[Zn]([c]1ccccc1)[S](=O)(=O)O. The van der Waals surface area contributed by atoms with Crippen LogP contribution in [0.1, 0.15) is 22.8 Å². The van der Waals surface area contributed by atoms with Crippen LogP contribution in [0.25, 0.3) is 46.4 Å². The fourth-order valence-electron chi connectivity index (χ4n) is 4.97. The van der Waals surface area contributed by atoms with Crippen molar-refractivity contribution in [1.29, 1.82) is 0 Å². The van der Waals surface area contributed by atoms with E-state index in [1.165, 1.54) is 24.3 Å². The molecule has 17 nitrogen and oxygen atoms in total. The van der Waals surface area contributed by atoms with Crippen LogP contribution in [-0.4, -0.2) is 76.8 Å². The van der Waals surface area contributed by atoms with E-state index < -0.39 is 59.9 Å². The Morgan fingerprint density at radius 1 is 0.500 bits per heavy atom. The molecule has 0 unspecified atom stereocenters. The number of aromatic nitrogens is 5. The van der Waals surface area contributed by atoms with Crippen molar-refractivity contribution in [3.8, 4) is 0 Å². The molecule has 0 aliphatic carbocycles. The molecule has 5 aromatic rings.